The van der Waals surface area contributed by atoms with Crippen LogP contribution >= 0.6 is 23.5 Å². The van der Waals surface area contributed by atoms with Crippen molar-refractivity contribution in [3.8, 4) is 0 Å². The summed E-state index contributed by atoms with van der Waals surface area (Å²) < 4.78 is 5.70. The van der Waals surface area contributed by atoms with E-state index < -0.39 is 12.2 Å². The molecule has 0 N–H and O–H groups in total. The van der Waals surface area contributed by atoms with E-state index in [-0.39, 0.29) is 11.9 Å². The highest BCUT2D eigenvalue weighted by molar-refractivity contribution is 8.17. The van der Waals surface area contributed by atoms with Crippen LogP contribution in [0, 0.1) is 0 Å². The van der Waals surface area contributed by atoms with Crippen molar-refractivity contribution in [1.29, 1.82) is 0 Å². The van der Waals surface area contributed by atoms with E-state index >= 15 is 0 Å². The summed E-state index contributed by atoms with van der Waals surface area (Å²) in [5, 5.41) is 0. The SMILES string of the molecule is C[C@@H]1[C@H](c2ccccc2)OC(=O)N1C(=O)/C=C/C1SCCCS1. The molecule has 2 aliphatic heterocycles. The molecule has 2 amide bonds. The van der Waals surface area contributed by atoms with E-state index in [1.54, 1.807) is 0 Å². The molecule has 2 heterocycles. The number of carbonyl (C=O) groups excluding carboxylic acids is 2. The smallest absolute Gasteiger partial charge is 0.417 e. The lowest BCUT2D eigenvalue weighted by Crippen LogP contribution is -2.36. The Kier molecular flexibility index (Phi) is 5.33. The molecule has 2 fully saturated rings. The summed E-state index contributed by atoms with van der Waals surface area (Å²) in [4.78, 5) is 25.7. The summed E-state index contributed by atoms with van der Waals surface area (Å²) >= 11 is 3.67. The summed E-state index contributed by atoms with van der Waals surface area (Å²) in [6.07, 6.45) is 3.65. The second kappa shape index (κ2) is 7.45. The number of imide groups is 1. The molecule has 0 spiro atoms. The van der Waals surface area contributed by atoms with E-state index in [2.05, 4.69) is 0 Å². The van der Waals surface area contributed by atoms with E-state index in [4.69, 9.17) is 4.74 Å². The number of rotatable bonds is 3. The van der Waals surface area contributed by atoms with Crippen LogP contribution in [0.2, 0.25) is 0 Å². The molecule has 0 unspecified atom stereocenters. The Balaban J connectivity index is 1.68. The van der Waals surface area contributed by atoms with E-state index in [1.165, 1.54) is 17.4 Å². The van der Waals surface area contributed by atoms with Gasteiger partial charge in [-0.25, -0.2) is 9.69 Å². The Morgan fingerprint density at radius 1 is 1.26 bits per heavy atom. The number of amides is 2. The van der Waals surface area contributed by atoms with Crippen molar-refractivity contribution in [1.82, 2.24) is 4.90 Å². The van der Waals surface area contributed by atoms with Crippen LogP contribution in [-0.2, 0) is 9.53 Å². The number of nitrogens with zero attached hydrogens (tertiary/aromatic N) is 1. The van der Waals surface area contributed by atoms with Gasteiger partial charge in [0.1, 0.15) is 6.10 Å². The van der Waals surface area contributed by atoms with Gasteiger partial charge in [0, 0.05) is 6.08 Å². The highest BCUT2D eigenvalue weighted by atomic mass is 32.2. The average molecular weight is 349 g/mol. The van der Waals surface area contributed by atoms with E-state index in [0.29, 0.717) is 4.58 Å². The standard InChI is InChI=1S/C17H19NO3S2/c1-12-16(13-6-3-2-4-7-13)21-17(20)18(12)14(19)8-9-15-22-10-5-11-23-15/h2-4,6-9,12,15-16H,5,10-11H2,1H3/b9-8+/t12-,16-/m1/s1. The molecule has 3 rings (SSSR count). The van der Waals surface area contributed by atoms with Crippen molar-refractivity contribution >= 4 is 35.5 Å². The third-order valence-electron chi connectivity index (χ3n) is 3.88. The number of thioether (sulfide) groups is 2. The van der Waals surface area contributed by atoms with Crippen LogP contribution in [0.4, 0.5) is 4.79 Å². The topological polar surface area (TPSA) is 46.6 Å². The van der Waals surface area contributed by atoms with Crippen molar-refractivity contribution in [2.45, 2.75) is 30.1 Å². The Hall–Kier alpha value is -1.40. The van der Waals surface area contributed by atoms with Crippen LogP contribution in [0.3, 0.4) is 0 Å². The minimum absolute atomic E-state index is 0.298. The molecule has 2 saturated heterocycles. The lowest BCUT2D eigenvalue weighted by atomic mass is 10.0. The molecular formula is C17H19NO3S2. The normalized spacial score (nSPS) is 25.8. The fraction of sp³-hybridized carbons (Fsp3) is 0.412. The van der Waals surface area contributed by atoms with Crippen LogP contribution in [0.1, 0.15) is 25.0 Å². The number of hydrogen-bond acceptors (Lipinski definition) is 5. The molecular weight excluding hydrogens is 330 g/mol. The quantitative estimate of drug-likeness (QED) is 0.776. The molecule has 1 aromatic rings. The maximum absolute atomic E-state index is 12.4. The molecule has 0 aromatic heterocycles. The number of ether oxygens (including phenoxy) is 1. The van der Waals surface area contributed by atoms with Crippen LogP contribution in [0.25, 0.3) is 0 Å². The second-order valence-electron chi connectivity index (χ2n) is 5.49. The number of hydrogen-bond donors (Lipinski definition) is 0. The molecule has 2 atom stereocenters. The second-order valence-corrected chi connectivity index (χ2v) is 8.28. The summed E-state index contributed by atoms with van der Waals surface area (Å²) in [6, 6.07) is 9.22. The zero-order valence-corrected chi connectivity index (χ0v) is 14.5. The van der Waals surface area contributed by atoms with Gasteiger partial charge in [0.2, 0.25) is 0 Å². The van der Waals surface area contributed by atoms with Gasteiger partial charge in [-0.3, -0.25) is 4.79 Å². The molecule has 0 aliphatic carbocycles. The third-order valence-corrected chi connectivity index (χ3v) is 6.72. The van der Waals surface area contributed by atoms with Crippen molar-refractivity contribution in [3.05, 3.63) is 48.0 Å². The fourth-order valence-corrected chi connectivity index (χ4v) is 5.31. The van der Waals surface area contributed by atoms with Crippen molar-refractivity contribution in [3.63, 3.8) is 0 Å². The van der Waals surface area contributed by atoms with Crippen LogP contribution in [0.15, 0.2) is 42.5 Å². The van der Waals surface area contributed by atoms with Gasteiger partial charge in [-0.05, 0) is 30.4 Å². The predicted molar refractivity (Wildman–Crippen MR) is 94.4 cm³/mol. The van der Waals surface area contributed by atoms with Crippen molar-refractivity contribution in [2.24, 2.45) is 0 Å². The average Bonchev–Trinajstić information content (AvgIpc) is 2.89. The van der Waals surface area contributed by atoms with Crippen LogP contribution in [-0.4, -0.2) is 39.0 Å². The minimum atomic E-state index is -0.565. The zero-order valence-electron chi connectivity index (χ0n) is 12.9. The molecule has 122 valence electrons. The largest absolute Gasteiger partial charge is 0.439 e. The first-order chi connectivity index (χ1) is 11.2. The van der Waals surface area contributed by atoms with Gasteiger partial charge < -0.3 is 4.74 Å². The van der Waals surface area contributed by atoms with Gasteiger partial charge in [0.25, 0.3) is 5.91 Å². The van der Waals surface area contributed by atoms with Gasteiger partial charge in [-0.1, -0.05) is 36.4 Å². The first kappa shape index (κ1) is 16.5. The number of carbonyl (C=O) groups is 2. The molecule has 6 heteroatoms. The molecule has 0 saturated carbocycles. The molecule has 1 aromatic carbocycles. The van der Waals surface area contributed by atoms with Gasteiger partial charge in [-0.15, -0.1) is 23.5 Å². The van der Waals surface area contributed by atoms with Gasteiger partial charge in [0.05, 0.1) is 10.6 Å². The lowest BCUT2D eigenvalue weighted by molar-refractivity contribution is -0.124. The Bertz CT molecular complexity index is 599. The number of benzene rings is 1. The minimum Gasteiger partial charge on any atom is -0.439 e. The maximum atomic E-state index is 12.4. The first-order valence-corrected chi connectivity index (χ1v) is 9.77. The van der Waals surface area contributed by atoms with Crippen molar-refractivity contribution < 1.29 is 14.3 Å². The van der Waals surface area contributed by atoms with E-state index in [1.807, 2.05) is 66.9 Å². The van der Waals surface area contributed by atoms with Crippen LogP contribution < -0.4 is 0 Å². The Morgan fingerprint density at radius 3 is 2.65 bits per heavy atom. The first-order valence-electron chi connectivity index (χ1n) is 7.67. The molecule has 23 heavy (non-hydrogen) atoms. The molecule has 0 bridgehead atoms. The van der Waals surface area contributed by atoms with Gasteiger partial charge in [0.15, 0.2) is 0 Å². The summed E-state index contributed by atoms with van der Waals surface area (Å²) in [5.41, 5.74) is 0.908. The highest BCUT2D eigenvalue weighted by Gasteiger charge is 2.42. The third kappa shape index (κ3) is 3.75. The maximum Gasteiger partial charge on any atom is 0.417 e. The molecule has 0 radical (unpaired) electrons. The van der Waals surface area contributed by atoms with Gasteiger partial charge in [-0.2, -0.15) is 0 Å². The summed E-state index contributed by atoms with van der Waals surface area (Å²) in [5.74, 6) is 1.94. The molecule has 2 aliphatic rings. The predicted octanol–water partition coefficient (Wildman–Crippen LogP) is 3.85. The zero-order chi connectivity index (χ0) is 16.2. The Labute approximate surface area is 144 Å². The monoisotopic (exact) mass is 349 g/mol. The van der Waals surface area contributed by atoms with Gasteiger partial charge >= 0.3 is 6.09 Å². The molecule has 4 nitrogen and oxygen atoms in total. The number of cyclic esters (lactones) is 1. The fourth-order valence-electron chi connectivity index (χ4n) is 2.70. The Morgan fingerprint density at radius 2 is 1.96 bits per heavy atom. The summed E-state index contributed by atoms with van der Waals surface area (Å²) in [7, 11) is 0. The van der Waals surface area contributed by atoms with Crippen LogP contribution in [0.5, 0.6) is 0 Å². The van der Waals surface area contributed by atoms with E-state index in [9.17, 15) is 9.59 Å². The van der Waals surface area contributed by atoms with E-state index in [0.717, 1.165) is 17.1 Å². The lowest BCUT2D eigenvalue weighted by Gasteiger charge is -2.19. The highest BCUT2D eigenvalue weighted by Crippen LogP contribution is 2.33. The summed E-state index contributed by atoms with van der Waals surface area (Å²) in [6.45, 7) is 1.85. The van der Waals surface area contributed by atoms with Crippen molar-refractivity contribution in [2.75, 3.05) is 11.5 Å².